The van der Waals surface area contributed by atoms with E-state index in [4.69, 9.17) is 5.73 Å². The van der Waals surface area contributed by atoms with Gasteiger partial charge in [-0.1, -0.05) is 31.1 Å². The van der Waals surface area contributed by atoms with Gasteiger partial charge in [-0.25, -0.2) is 4.39 Å². The van der Waals surface area contributed by atoms with Gasteiger partial charge in [-0.3, -0.25) is 4.79 Å². The van der Waals surface area contributed by atoms with Gasteiger partial charge in [-0.05, 0) is 31.0 Å². The summed E-state index contributed by atoms with van der Waals surface area (Å²) in [4.78, 5) is 12.1. The van der Waals surface area contributed by atoms with Crippen molar-refractivity contribution in [3.05, 3.63) is 35.1 Å². The zero-order chi connectivity index (χ0) is 14.4. The van der Waals surface area contributed by atoms with Crippen LogP contribution in [-0.4, -0.2) is 18.5 Å². The van der Waals surface area contributed by atoms with E-state index >= 15 is 0 Å². The van der Waals surface area contributed by atoms with Crippen molar-refractivity contribution in [3.63, 3.8) is 0 Å². The lowest BCUT2D eigenvalue weighted by molar-refractivity contribution is 0.0927. The molecule has 0 unspecified atom stereocenters. The van der Waals surface area contributed by atoms with Crippen molar-refractivity contribution in [3.8, 4) is 11.8 Å². The topological polar surface area (TPSA) is 55.1 Å². The van der Waals surface area contributed by atoms with Crippen LogP contribution < -0.4 is 11.1 Å². The highest BCUT2D eigenvalue weighted by Crippen LogP contribution is 2.18. The van der Waals surface area contributed by atoms with E-state index in [1.807, 2.05) is 0 Å². The Hall–Kier alpha value is -1.86. The number of nitrogens with one attached hydrogen (secondary N) is 1. The van der Waals surface area contributed by atoms with Crippen molar-refractivity contribution >= 4 is 5.91 Å². The number of halogens is 1. The second-order valence-electron chi connectivity index (χ2n) is 5.01. The van der Waals surface area contributed by atoms with Crippen molar-refractivity contribution in [2.45, 2.75) is 38.1 Å². The molecule has 1 fully saturated rings. The van der Waals surface area contributed by atoms with E-state index < -0.39 is 5.82 Å². The number of hydrogen-bond acceptors (Lipinski definition) is 2. The largest absolute Gasteiger partial charge is 0.349 e. The van der Waals surface area contributed by atoms with Gasteiger partial charge in [0.2, 0.25) is 0 Å². The van der Waals surface area contributed by atoms with Crippen molar-refractivity contribution < 1.29 is 9.18 Å². The Bertz CT molecular complexity index is 539. The van der Waals surface area contributed by atoms with Gasteiger partial charge in [-0.2, -0.15) is 0 Å². The molecule has 3 nitrogen and oxygen atoms in total. The Morgan fingerprint density at radius 1 is 1.35 bits per heavy atom. The smallest absolute Gasteiger partial charge is 0.251 e. The van der Waals surface area contributed by atoms with Gasteiger partial charge in [0.05, 0.1) is 12.1 Å². The van der Waals surface area contributed by atoms with Gasteiger partial charge >= 0.3 is 0 Å². The lowest BCUT2D eigenvalue weighted by Gasteiger charge is -2.22. The van der Waals surface area contributed by atoms with E-state index in [1.54, 1.807) is 6.07 Å². The average molecular weight is 274 g/mol. The first-order valence-corrected chi connectivity index (χ1v) is 7.00. The molecule has 0 bridgehead atoms. The Labute approximate surface area is 118 Å². The van der Waals surface area contributed by atoms with E-state index in [2.05, 4.69) is 17.2 Å². The Morgan fingerprint density at radius 2 is 2.10 bits per heavy atom. The molecule has 0 atom stereocenters. The number of hydrogen-bond donors (Lipinski definition) is 2. The molecule has 1 aliphatic carbocycles. The zero-order valence-electron chi connectivity index (χ0n) is 11.4. The summed E-state index contributed by atoms with van der Waals surface area (Å²) in [5.74, 6) is 4.54. The Morgan fingerprint density at radius 3 is 2.75 bits per heavy atom. The second kappa shape index (κ2) is 7.06. The summed E-state index contributed by atoms with van der Waals surface area (Å²) in [6, 6.07) is 4.57. The molecule has 1 aromatic rings. The quantitative estimate of drug-likeness (QED) is 0.812. The SMILES string of the molecule is NCC#Cc1ccc(C(=O)NC2CCCCC2)cc1F. The number of carbonyl (C=O) groups excluding carboxylic acids is 1. The zero-order valence-corrected chi connectivity index (χ0v) is 11.4. The first kappa shape index (κ1) is 14.5. The monoisotopic (exact) mass is 274 g/mol. The van der Waals surface area contributed by atoms with Gasteiger partial charge in [0.1, 0.15) is 5.82 Å². The maximum absolute atomic E-state index is 13.8. The van der Waals surface area contributed by atoms with Crippen LogP contribution in [0.5, 0.6) is 0 Å². The first-order valence-electron chi connectivity index (χ1n) is 7.00. The summed E-state index contributed by atoms with van der Waals surface area (Å²) < 4.78 is 13.8. The normalized spacial score (nSPS) is 15.3. The maximum atomic E-state index is 13.8. The number of rotatable bonds is 2. The maximum Gasteiger partial charge on any atom is 0.251 e. The van der Waals surface area contributed by atoms with Gasteiger partial charge < -0.3 is 11.1 Å². The fourth-order valence-corrected chi connectivity index (χ4v) is 2.42. The van der Waals surface area contributed by atoms with E-state index in [9.17, 15) is 9.18 Å². The van der Waals surface area contributed by atoms with Gasteiger partial charge in [0.25, 0.3) is 5.91 Å². The lowest BCUT2D eigenvalue weighted by Crippen LogP contribution is -2.36. The minimum Gasteiger partial charge on any atom is -0.349 e. The molecule has 0 radical (unpaired) electrons. The highest BCUT2D eigenvalue weighted by molar-refractivity contribution is 5.94. The van der Waals surface area contributed by atoms with Crippen molar-refractivity contribution in [1.29, 1.82) is 0 Å². The summed E-state index contributed by atoms with van der Waals surface area (Å²) in [5.41, 5.74) is 5.86. The summed E-state index contributed by atoms with van der Waals surface area (Å²) in [6.45, 7) is 0.184. The Kier molecular flexibility index (Phi) is 5.14. The van der Waals surface area contributed by atoms with Gasteiger partial charge in [-0.15, -0.1) is 0 Å². The number of amides is 1. The van der Waals surface area contributed by atoms with Crippen LogP contribution in [0, 0.1) is 17.7 Å². The molecule has 0 spiro atoms. The summed E-state index contributed by atoms with van der Waals surface area (Å²) >= 11 is 0. The van der Waals surface area contributed by atoms with Crippen LogP contribution in [0.4, 0.5) is 4.39 Å². The molecule has 0 saturated heterocycles. The summed E-state index contributed by atoms with van der Waals surface area (Å²) in [5, 5.41) is 2.96. The third-order valence-electron chi connectivity index (χ3n) is 3.50. The highest BCUT2D eigenvalue weighted by atomic mass is 19.1. The Balaban J connectivity index is 2.04. The third kappa shape index (κ3) is 3.82. The van der Waals surface area contributed by atoms with E-state index in [0.29, 0.717) is 5.56 Å². The number of nitrogens with two attached hydrogens (primary N) is 1. The molecular formula is C16H19FN2O. The fraction of sp³-hybridized carbons (Fsp3) is 0.438. The van der Waals surface area contributed by atoms with Crippen LogP contribution in [0.1, 0.15) is 48.0 Å². The van der Waals surface area contributed by atoms with Crippen LogP contribution >= 0.6 is 0 Å². The molecule has 0 aromatic heterocycles. The third-order valence-corrected chi connectivity index (χ3v) is 3.50. The molecule has 106 valence electrons. The van der Waals surface area contributed by atoms with Crippen LogP contribution in [-0.2, 0) is 0 Å². The molecule has 3 N–H and O–H groups in total. The summed E-state index contributed by atoms with van der Waals surface area (Å²) in [6.07, 6.45) is 5.54. The molecule has 1 saturated carbocycles. The molecule has 2 rings (SSSR count). The predicted octanol–water partition coefficient (Wildman–Crippen LogP) is 2.20. The lowest BCUT2D eigenvalue weighted by atomic mass is 9.95. The molecular weight excluding hydrogens is 255 g/mol. The minimum absolute atomic E-state index is 0.184. The predicted molar refractivity (Wildman–Crippen MR) is 76.7 cm³/mol. The minimum atomic E-state index is -0.484. The first-order chi connectivity index (χ1) is 9.70. The molecule has 0 heterocycles. The van der Waals surface area contributed by atoms with Crippen LogP contribution in [0.2, 0.25) is 0 Å². The number of carbonyl (C=O) groups is 1. The molecule has 1 aliphatic rings. The van der Waals surface area contributed by atoms with Crippen LogP contribution in [0.25, 0.3) is 0 Å². The van der Waals surface area contributed by atoms with Crippen molar-refractivity contribution in [2.75, 3.05) is 6.54 Å². The fourth-order valence-electron chi connectivity index (χ4n) is 2.42. The van der Waals surface area contributed by atoms with Gasteiger partial charge in [0.15, 0.2) is 0 Å². The standard InChI is InChI=1S/C16H19FN2O/c17-15-11-13(9-8-12(15)5-4-10-18)16(20)19-14-6-2-1-3-7-14/h8-9,11,14H,1-3,6-7,10,18H2,(H,19,20). The van der Waals surface area contributed by atoms with Crippen molar-refractivity contribution in [2.24, 2.45) is 5.73 Å². The van der Waals surface area contributed by atoms with E-state index in [-0.39, 0.29) is 24.1 Å². The molecule has 1 amide bonds. The average Bonchev–Trinajstić information content (AvgIpc) is 2.47. The number of benzene rings is 1. The molecule has 4 heteroatoms. The second-order valence-corrected chi connectivity index (χ2v) is 5.01. The summed E-state index contributed by atoms with van der Waals surface area (Å²) in [7, 11) is 0. The van der Waals surface area contributed by atoms with E-state index in [0.717, 1.165) is 25.7 Å². The van der Waals surface area contributed by atoms with Crippen LogP contribution in [0.15, 0.2) is 18.2 Å². The molecule has 20 heavy (non-hydrogen) atoms. The van der Waals surface area contributed by atoms with Crippen LogP contribution in [0.3, 0.4) is 0 Å². The molecule has 1 aromatic carbocycles. The van der Waals surface area contributed by atoms with Crippen molar-refractivity contribution in [1.82, 2.24) is 5.32 Å². The van der Waals surface area contributed by atoms with Gasteiger partial charge in [0, 0.05) is 11.6 Å². The van der Waals surface area contributed by atoms with E-state index in [1.165, 1.54) is 18.6 Å². The highest BCUT2D eigenvalue weighted by Gasteiger charge is 2.17. The molecule has 0 aliphatic heterocycles.